The first-order valence-corrected chi connectivity index (χ1v) is 12.8. The van der Waals surface area contributed by atoms with E-state index in [1.807, 2.05) is 54.0 Å². The van der Waals surface area contributed by atoms with Gasteiger partial charge in [-0.15, -0.1) is 10.2 Å². The molecule has 10 heteroatoms. The molecule has 0 aliphatic rings. The van der Waals surface area contributed by atoms with Gasteiger partial charge in [0.05, 0.1) is 12.1 Å². The molecule has 0 saturated carbocycles. The minimum atomic E-state index is -1.11. The highest BCUT2D eigenvalue weighted by Crippen LogP contribution is 2.39. The average molecular weight is 556 g/mol. The van der Waals surface area contributed by atoms with Crippen LogP contribution in [0.25, 0.3) is 17.5 Å². The van der Waals surface area contributed by atoms with E-state index in [0.29, 0.717) is 51.2 Å². The molecule has 0 amide bonds. The van der Waals surface area contributed by atoms with E-state index in [1.54, 1.807) is 24.3 Å². The van der Waals surface area contributed by atoms with Crippen molar-refractivity contribution in [2.24, 2.45) is 0 Å². The van der Waals surface area contributed by atoms with E-state index in [1.165, 1.54) is 13.2 Å². The Kier molecular flexibility index (Phi) is 8.76. The van der Waals surface area contributed by atoms with Crippen LogP contribution >= 0.6 is 35.0 Å². The Morgan fingerprint density at radius 3 is 2.46 bits per heavy atom. The van der Waals surface area contributed by atoms with E-state index in [-0.39, 0.29) is 4.91 Å². The van der Waals surface area contributed by atoms with Gasteiger partial charge in [-0.2, -0.15) is 0 Å². The van der Waals surface area contributed by atoms with Crippen LogP contribution in [0.15, 0.2) is 76.8 Å². The molecule has 4 rings (SSSR count). The number of carbonyl (C=O) groups is 1. The van der Waals surface area contributed by atoms with Gasteiger partial charge in [0.15, 0.2) is 22.5 Å². The van der Waals surface area contributed by atoms with Crippen molar-refractivity contribution in [3.05, 3.63) is 92.8 Å². The van der Waals surface area contributed by atoms with E-state index in [9.17, 15) is 9.90 Å². The first-order chi connectivity index (χ1) is 17.9. The first kappa shape index (κ1) is 26.6. The third-order valence-corrected chi connectivity index (χ3v) is 6.85. The number of methoxy groups -OCH3 is 1. The van der Waals surface area contributed by atoms with Crippen molar-refractivity contribution in [1.82, 2.24) is 14.8 Å². The van der Waals surface area contributed by atoms with Crippen molar-refractivity contribution >= 4 is 47.0 Å². The molecule has 1 aromatic heterocycles. The number of carboxylic acids is 1. The summed E-state index contributed by atoms with van der Waals surface area (Å²) in [6.45, 7) is 2.80. The predicted octanol–water partition coefficient (Wildman–Crippen LogP) is 7.08. The second-order valence-corrected chi connectivity index (χ2v) is 9.63. The van der Waals surface area contributed by atoms with Crippen LogP contribution in [0.2, 0.25) is 10.0 Å². The molecular weight excluding hydrogens is 533 g/mol. The molecule has 0 radical (unpaired) electrons. The fourth-order valence-corrected chi connectivity index (χ4v) is 4.83. The molecular formula is C27H23Cl2N3O4S. The highest BCUT2D eigenvalue weighted by atomic mass is 35.5. The second kappa shape index (κ2) is 12.2. The lowest BCUT2D eigenvalue weighted by Gasteiger charge is -2.14. The number of ether oxygens (including phenoxy) is 2. The van der Waals surface area contributed by atoms with Gasteiger partial charge in [0, 0.05) is 17.1 Å². The summed E-state index contributed by atoms with van der Waals surface area (Å²) in [5.74, 6) is 0.290. The van der Waals surface area contributed by atoms with Crippen LogP contribution in [0.5, 0.6) is 11.5 Å². The van der Waals surface area contributed by atoms with Crippen molar-refractivity contribution in [1.29, 1.82) is 0 Å². The van der Waals surface area contributed by atoms with Gasteiger partial charge >= 0.3 is 5.97 Å². The fourth-order valence-electron chi connectivity index (χ4n) is 3.54. The van der Waals surface area contributed by atoms with E-state index >= 15 is 0 Å². The Morgan fingerprint density at radius 1 is 1.08 bits per heavy atom. The Hall–Kier alpha value is -3.46. The largest absolute Gasteiger partial charge is 0.493 e. The maximum atomic E-state index is 12.1. The summed E-state index contributed by atoms with van der Waals surface area (Å²) in [6, 6.07) is 20.2. The Labute approximate surface area is 228 Å². The average Bonchev–Trinajstić information content (AvgIpc) is 3.30. The molecule has 0 saturated heterocycles. The van der Waals surface area contributed by atoms with Crippen LogP contribution in [0.3, 0.4) is 0 Å². The van der Waals surface area contributed by atoms with Gasteiger partial charge in [-0.1, -0.05) is 53.5 Å². The molecule has 4 aromatic rings. The van der Waals surface area contributed by atoms with E-state index in [0.717, 1.165) is 22.9 Å². The number of aliphatic carboxylic acids is 1. The smallest absolute Gasteiger partial charge is 0.342 e. The van der Waals surface area contributed by atoms with Gasteiger partial charge in [0.25, 0.3) is 0 Å². The SMILES string of the molecule is CCn1c(S/C(=C\c2cc(Cl)c(OCc3ccccc3)c(OC)c2)C(=O)O)nnc1-c1ccc(Cl)cc1. The molecule has 0 unspecified atom stereocenters. The van der Waals surface area contributed by atoms with Crippen molar-refractivity contribution < 1.29 is 19.4 Å². The zero-order valence-electron chi connectivity index (χ0n) is 20.0. The number of carboxylic acid groups (broad SMARTS) is 1. The highest BCUT2D eigenvalue weighted by Gasteiger charge is 2.19. The van der Waals surface area contributed by atoms with Gasteiger partial charge in [-0.05, 0) is 72.3 Å². The third-order valence-electron chi connectivity index (χ3n) is 5.32. The summed E-state index contributed by atoms with van der Waals surface area (Å²) in [7, 11) is 1.50. The quantitative estimate of drug-likeness (QED) is 0.165. The minimum Gasteiger partial charge on any atom is -0.493 e. The van der Waals surface area contributed by atoms with E-state index < -0.39 is 5.97 Å². The minimum absolute atomic E-state index is 0.0424. The molecule has 37 heavy (non-hydrogen) atoms. The number of hydrogen-bond acceptors (Lipinski definition) is 6. The summed E-state index contributed by atoms with van der Waals surface area (Å²) in [6.07, 6.45) is 1.51. The predicted molar refractivity (Wildman–Crippen MR) is 146 cm³/mol. The van der Waals surface area contributed by atoms with Crippen molar-refractivity contribution in [2.45, 2.75) is 25.2 Å². The highest BCUT2D eigenvalue weighted by molar-refractivity contribution is 8.04. The van der Waals surface area contributed by atoms with Crippen molar-refractivity contribution in [2.75, 3.05) is 7.11 Å². The van der Waals surface area contributed by atoms with Crippen LogP contribution in [-0.4, -0.2) is 33.0 Å². The standard InChI is InChI=1S/C27H23Cl2N3O4S/c1-3-32-25(19-9-11-20(28)12-10-19)30-31-27(32)37-23(26(33)34)15-18-13-21(29)24(22(14-18)35-2)36-16-17-7-5-4-6-8-17/h4-15H,3,16H2,1-2H3,(H,33,34)/b23-15-. The van der Waals surface area contributed by atoms with Crippen molar-refractivity contribution in [3.8, 4) is 22.9 Å². The van der Waals surface area contributed by atoms with Crippen LogP contribution in [0.4, 0.5) is 0 Å². The Morgan fingerprint density at radius 2 is 1.81 bits per heavy atom. The molecule has 0 atom stereocenters. The molecule has 0 spiro atoms. The van der Waals surface area contributed by atoms with E-state index in [4.69, 9.17) is 32.7 Å². The lowest BCUT2D eigenvalue weighted by atomic mass is 10.2. The monoisotopic (exact) mass is 555 g/mol. The normalized spacial score (nSPS) is 11.4. The number of rotatable bonds is 10. The van der Waals surface area contributed by atoms with Crippen LogP contribution < -0.4 is 9.47 Å². The number of benzene rings is 3. The van der Waals surface area contributed by atoms with Gasteiger partial charge in [0.1, 0.15) is 11.5 Å². The summed E-state index contributed by atoms with van der Waals surface area (Å²) in [5, 5.41) is 19.8. The van der Waals surface area contributed by atoms with Crippen LogP contribution in [0, 0.1) is 0 Å². The fraction of sp³-hybridized carbons (Fsp3) is 0.148. The zero-order valence-corrected chi connectivity index (χ0v) is 22.3. The molecule has 0 aliphatic carbocycles. The zero-order chi connectivity index (χ0) is 26.4. The second-order valence-electron chi connectivity index (χ2n) is 7.78. The number of nitrogens with zero attached hydrogens (tertiary/aromatic N) is 3. The number of thioether (sulfide) groups is 1. The maximum absolute atomic E-state index is 12.1. The van der Waals surface area contributed by atoms with E-state index in [2.05, 4.69) is 10.2 Å². The molecule has 0 fully saturated rings. The molecule has 1 N–H and O–H groups in total. The van der Waals surface area contributed by atoms with Crippen LogP contribution in [0.1, 0.15) is 18.1 Å². The summed E-state index contributed by atoms with van der Waals surface area (Å²) in [5.41, 5.74) is 2.35. The molecule has 0 bridgehead atoms. The topological polar surface area (TPSA) is 86.5 Å². The van der Waals surface area contributed by atoms with Gasteiger partial charge in [0.2, 0.25) is 0 Å². The van der Waals surface area contributed by atoms with Gasteiger partial charge in [-0.3, -0.25) is 0 Å². The number of hydrogen-bond donors (Lipinski definition) is 1. The summed E-state index contributed by atoms with van der Waals surface area (Å²) in [4.78, 5) is 12.2. The molecule has 7 nitrogen and oxygen atoms in total. The lowest BCUT2D eigenvalue weighted by molar-refractivity contribution is -0.131. The Bertz CT molecular complexity index is 1420. The summed E-state index contributed by atoms with van der Waals surface area (Å²) >= 11 is 13.5. The molecule has 3 aromatic carbocycles. The number of aromatic nitrogens is 3. The van der Waals surface area contributed by atoms with Crippen LogP contribution in [-0.2, 0) is 17.9 Å². The maximum Gasteiger partial charge on any atom is 0.342 e. The third kappa shape index (κ3) is 6.46. The summed E-state index contributed by atoms with van der Waals surface area (Å²) < 4.78 is 13.2. The van der Waals surface area contributed by atoms with Gasteiger partial charge in [-0.25, -0.2) is 4.79 Å². The lowest BCUT2D eigenvalue weighted by Crippen LogP contribution is -2.03. The van der Waals surface area contributed by atoms with Gasteiger partial charge < -0.3 is 19.1 Å². The molecule has 1 heterocycles. The van der Waals surface area contributed by atoms with Crippen molar-refractivity contribution in [3.63, 3.8) is 0 Å². The molecule has 0 aliphatic heterocycles. The molecule has 190 valence electrons. The number of halogens is 2. The Balaban J connectivity index is 1.61. The first-order valence-electron chi connectivity index (χ1n) is 11.3.